The molecular weight excluding hydrogens is 264 g/mol. The number of aromatic nitrogens is 1. The molecule has 1 aliphatic heterocycles. The summed E-state index contributed by atoms with van der Waals surface area (Å²) in [5.74, 6) is 0.0137. The van der Waals surface area contributed by atoms with Crippen LogP contribution in [0.1, 0.15) is 23.4 Å². The first kappa shape index (κ1) is 12.4. The van der Waals surface area contributed by atoms with E-state index in [9.17, 15) is 4.79 Å². The van der Waals surface area contributed by atoms with Gasteiger partial charge in [0, 0.05) is 12.7 Å². The highest BCUT2D eigenvalue weighted by Crippen LogP contribution is 2.24. The molecule has 19 heavy (non-hydrogen) atoms. The molecule has 0 bridgehead atoms. The second kappa shape index (κ2) is 5.54. The van der Waals surface area contributed by atoms with E-state index in [4.69, 9.17) is 9.26 Å². The fourth-order valence-corrected chi connectivity index (χ4v) is 2.71. The van der Waals surface area contributed by atoms with Crippen LogP contribution < -0.4 is 5.32 Å². The standard InChI is InChI=1S/C13H14N2O3S/c16-13(14-9-3-1-5-17-8-9)11-7-10(15-18-11)12-4-2-6-19-12/h2,4,6-7,9H,1,3,5,8H2,(H,14,16). The number of carbonyl (C=O) groups is 1. The zero-order chi connectivity index (χ0) is 13.1. The van der Waals surface area contributed by atoms with Gasteiger partial charge in [-0.15, -0.1) is 11.3 Å². The molecule has 5 nitrogen and oxygen atoms in total. The Balaban J connectivity index is 1.67. The van der Waals surface area contributed by atoms with Gasteiger partial charge in [0.2, 0.25) is 5.76 Å². The summed E-state index contributed by atoms with van der Waals surface area (Å²) < 4.78 is 10.4. The summed E-state index contributed by atoms with van der Waals surface area (Å²) in [5, 5.41) is 8.78. The molecule has 100 valence electrons. The Bertz CT molecular complexity index is 544. The van der Waals surface area contributed by atoms with E-state index in [2.05, 4.69) is 10.5 Å². The van der Waals surface area contributed by atoms with Crippen LogP contribution in [0, 0.1) is 0 Å². The second-order valence-electron chi connectivity index (χ2n) is 4.44. The number of hydrogen-bond acceptors (Lipinski definition) is 5. The number of ether oxygens (including phenoxy) is 1. The molecular formula is C13H14N2O3S. The number of carbonyl (C=O) groups excluding carboxylic acids is 1. The molecule has 1 amide bonds. The van der Waals surface area contributed by atoms with Gasteiger partial charge in [0.1, 0.15) is 5.69 Å². The molecule has 3 heterocycles. The number of rotatable bonds is 3. The van der Waals surface area contributed by atoms with Crippen molar-refractivity contribution in [1.82, 2.24) is 10.5 Å². The Kier molecular flexibility index (Phi) is 3.61. The molecule has 1 aliphatic rings. The lowest BCUT2D eigenvalue weighted by Crippen LogP contribution is -2.40. The minimum atomic E-state index is -0.231. The lowest BCUT2D eigenvalue weighted by atomic mass is 10.1. The third kappa shape index (κ3) is 2.85. The average molecular weight is 278 g/mol. The molecule has 6 heteroatoms. The Labute approximate surface area is 114 Å². The van der Waals surface area contributed by atoms with Crippen LogP contribution in [0.2, 0.25) is 0 Å². The van der Waals surface area contributed by atoms with Crippen LogP contribution in [0.25, 0.3) is 10.6 Å². The predicted molar refractivity (Wildman–Crippen MR) is 71.1 cm³/mol. The molecule has 1 N–H and O–H groups in total. The topological polar surface area (TPSA) is 64.4 Å². The minimum Gasteiger partial charge on any atom is -0.379 e. The highest BCUT2D eigenvalue weighted by atomic mass is 32.1. The van der Waals surface area contributed by atoms with Gasteiger partial charge >= 0.3 is 0 Å². The van der Waals surface area contributed by atoms with Crippen LogP contribution >= 0.6 is 11.3 Å². The van der Waals surface area contributed by atoms with Crippen molar-refractivity contribution in [3.8, 4) is 10.6 Å². The maximum atomic E-state index is 12.0. The van der Waals surface area contributed by atoms with Gasteiger partial charge in [-0.2, -0.15) is 0 Å². The Morgan fingerprint density at radius 2 is 2.47 bits per heavy atom. The Morgan fingerprint density at radius 3 is 3.21 bits per heavy atom. The molecule has 0 aliphatic carbocycles. The maximum absolute atomic E-state index is 12.0. The summed E-state index contributed by atoms with van der Waals surface area (Å²) in [4.78, 5) is 13.0. The Hall–Kier alpha value is -1.66. The predicted octanol–water partition coefficient (Wildman–Crippen LogP) is 2.31. The molecule has 2 aromatic heterocycles. The molecule has 0 aromatic carbocycles. The van der Waals surface area contributed by atoms with E-state index >= 15 is 0 Å². The minimum absolute atomic E-state index is 0.0662. The van der Waals surface area contributed by atoms with Crippen LogP contribution in [0.15, 0.2) is 28.1 Å². The molecule has 1 unspecified atom stereocenters. The first-order valence-electron chi connectivity index (χ1n) is 6.22. The zero-order valence-corrected chi connectivity index (χ0v) is 11.1. The van der Waals surface area contributed by atoms with E-state index in [-0.39, 0.29) is 17.7 Å². The summed E-state index contributed by atoms with van der Waals surface area (Å²) in [7, 11) is 0. The monoisotopic (exact) mass is 278 g/mol. The zero-order valence-electron chi connectivity index (χ0n) is 10.3. The fourth-order valence-electron chi connectivity index (χ4n) is 2.03. The highest BCUT2D eigenvalue weighted by molar-refractivity contribution is 7.13. The van der Waals surface area contributed by atoms with E-state index in [1.54, 1.807) is 17.4 Å². The molecule has 0 saturated carbocycles. The van der Waals surface area contributed by atoms with Gasteiger partial charge in [-0.1, -0.05) is 11.2 Å². The van der Waals surface area contributed by atoms with Crippen molar-refractivity contribution >= 4 is 17.2 Å². The van der Waals surface area contributed by atoms with Crippen molar-refractivity contribution in [3.63, 3.8) is 0 Å². The first-order chi connectivity index (χ1) is 9.33. The van der Waals surface area contributed by atoms with Crippen molar-refractivity contribution in [2.24, 2.45) is 0 Å². The average Bonchev–Trinajstić information content (AvgIpc) is 3.11. The lowest BCUT2D eigenvalue weighted by Gasteiger charge is -2.22. The van der Waals surface area contributed by atoms with E-state index in [1.807, 2.05) is 17.5 Å². The lowest BCUT2D eigenvalue weighted by molar-refractivity contribution is 0.0608. The third-order valence-electron chi connectivity index (χ3n) is 3.00. The van der Waals surface area contributed by atoms with Crippen LogP contribution in [-0.4, -0.2) is 30.3 Å². The van der Waals surface area contributed by atoms with Crippen LogP contribution in [0.4, 0.5) is 0 Å². The number of hydrogen-bond donors (Lipinski definition) is 1. The molecule has 1 atom stereocenters. The number of nitrogens with zero attached hydrogens (tertiary/aromatic N) is 1. The van der Waals surface area contributed by atoms with Gasteiger partial charge < -0.3 is 14.6 Å². The Morgan fingerprint density at radius 1 is 1.53 bits per heavy atom. The van der Waals surface area contributed by atoms with E-state index in [0.717, 1.165) is 24.3 Å². The van der Waals surface area contributed by atoms with Crippen molar-refractivity contribution in [3.05, 3.63) is 29.3 Å². The molecule has 0 spiro atoms. The number of amides is 1. The van der Waals surface area contributed by atoms with Crippen molar-refractivity contribution < 1.29 is 14.1 Å². The smallest absolute Gasteiger partial charge is 0.290 e. The summed E-state index contributed by atoms with van der Waals surface area (Å²) in [6.07, 6.45) is 1.92. The number of nitrogens with one attached hydrogen (secondary N) is 1. The summed E-state index contributed by atoms with van der Waals surface area (Å²) in [5.41, 5.74) is 0.694. The molecule has 1 fully saturated rings. The van der Waals surface area contributed by atoms with Gasteiger partial charge in [-0.25, -0.2) is 0 Å². The number of thiophene rings is 1. The quantitative estimate of drug-likeness (QED) is 0.935. The van der Waals surface area contributed by atoms with Gasteiger partial charge in [-0.05, 0) is 24.3 Å². The fraction of sp³-hybridized carbons (Fsp3) is 0.385. The maximum Gasteiger partial charge on any atom is 0.290 e. The largest absolute Gasteiger partial charge is 0.379 e. The SMILES string of the molecule is O=C(NC1CCCOC1)c1cc(-c2cccs2)no1. The van der Waals surface area contributed by atoms with E-state index < -0.39 is 0 Å². The first-order valence-corrected chi connectivity index (χ1v) is 7.10. The van der Waals surface area contributed by atoms with Gasteiger partial charge in [0.05, 0.1) is 17.5 Å². The molecule has 3 rings (SSSR count). The highest BCUT2D eigenvalue weighted by Gasteiger charge is 2.20. The van der Waals surface area contributed by atoms with Gasteiger partial charge in [-0.3, -0.25) is 4.79 Å². The van der Waals surface area contributed by atoms with Crippen LogP contribution in [0.3, 0.4) is 0 Å². The van der Waals surface area contributed by atoms with Gasteiger partial charge in [0.25, 0.3) is 5.91 Å². The van der Waals surface area contributed by atoms with Crippen LogP contribution in [-0.2, 0) is 4.74 Å². The second-order valence-corrected chi connectivity index (χ2v) is 5.39. The summed E-state index contributed by atoms with van der Waals surface area (Å²) >= 11 is 1.56. The van der Waals surface area contributed by atoms with E-state index in [0.29, 0.717) is 12.3 Å². The molecule has 0 radical (unpaired) electrons. The normalized spacial score (nSPS) is 19.3. The summed E-state index contributed by atoms with van der Waals surface area (Å²) in [6, 6.07) is 5.62. The molecule has 1 saturated heterocycles. The third-order valence-corrected chi connectivity index (χ3v) is 3.90. The van der Waals surface area contributed by atoms with Crippen LogP contribution in [0.5, 0.6) is 0 Å². The van der Waals surface area contributed by atoms with E-state index in [1.165, 1.54) is 0 Å². The van der Waals surface area contributed by atoms with Gasteiger partial charge in [0.15, 0.2) is 0 Å². The summed E-state index contributed by atoms with van der Waals surface area (Å²) in [6.45, 7) is 1.34. The van der Waals surface area contributed by atoms with Crippen molar-refractivity contribution in [2.45, 2.75) is 18.9 Å². The van der Waals surface area contributed by atoms with Crippen molar-refractivity contribution in [2.75, 3.05) is 13.2 Å². The molecule has 2 aromatic rings. The van der Waals surface area contributed by atoms with Crippen molar-refractivity contribution in [1.29, 1.82) is 0 Å².